The minimum Gasteiger partial charge on any atom is -0.349 e. The molecule has 2 rings (SSSR count). The topological polar surface area (TPSA) is 108 Å². The number of nitro groups is 1. The molecule has 0 saturated carbocycles. The van der Waals surface area contributed by atoms with Crippen molar-refractivity contribution in [1.29, 1.82) is 0 Å². The molecule has 2 heterocycles. The Kier molecular flexibility index (Phi) is 3.99. The van der Waals surface area contributed by atoms with Gasteiger partial charge >= 0.3 is 5.69 Å². The van der Waals surface area contributed by atoms with Gasteiger partial charge in [-0.15, -0.1) is 0 Å². The molecule has 106 valence electrons. The molecule has 20 heavy (non-hydrogen) atoms. The summed E-state index contributed by atoms with van der Waals surface area (Å²) in [6.45, 7) is 0.564. The Morgan fingerprint density at radius 3 is 2.85 bits per heavy atom. The number of amides is 1. The van der Waals surface area contributed by atoms with Gasteiger partial charge in [-0.25, -0.2) is 0 Å². The van der Waals surface area contributed by atoms with Gasteiger partial charge in [0.25, 0.3) is 5.91 Å². The second-order valence-corrected chi connectivity index (χ2v) is 4.38. The number of nitrogens with one attached hydrogen (secondary N) is 1. The average molecular weight is 299 g/mol. The first kappa shape index (κ1) is 14.0. The molecule has 10 heteroatoms. The number of nitrogens with zero attached hydrogens (tertiary/aromatic N) is 5. The zero-order chi connectivity index (χ0) is 14.7. The van der Waals surface area contributed by atoms with Crippen molar-refractivity contribution in [1.82, 2.24) is 24.9 Å². The molecule has 0 bridgehead atoms. The largest absolute Gasteiger partial charge is 0.349 e. The molecule has 1 N–H and O–H groups in total. The second kappa shape index (κ2) is 5.70. The van der Waals surface area contributed by atoms with Gasteiger partial charge in [0.2, 0.25) is 0 Å². The predicted molar refractivity (Wildman–Crippen MR) is 69.4 cm³/mol. The molecule has 0 saturated heterocycles. The lowest BCUT2D eigenvalue weighted by atomic mass is 10.4. The van der Waals surface area contributed by atoms with Crippen LogP contribution < -0.4 is 5.32 Å². The highest BCUT2D eigenvalue weighted by molar-refractivity contribution is 6.33. The van der Waals surface area contributed by atoms with Crippen LogP contribution in [0.3, 0.4) is 0 Å². The normalized spacial score (nSPS) is 10.5. The summed E-state index contributed by atoms with van der Waals surface area (Å²) in [5.74, 6) is -0.405. The lowest BCUT2D eigenvalue weighted by Gasteiger charge is -2.03. The van der Waals surface area contributed by atoms with E-state index in [0.717, 1.165) is 6.20 Å². The first-order chi connectivity index (χ1) is 9.47. The zero-order valence-corrected chi connectivity index (χ0v) is 11.2. The van der Waals surface area contributed by atoms with Crippen molar-refractivity contribution in [3.05, 3.63) is 39.4 Å². The van der Waals surface area contributed by atoms with Crippen molar-refractivity contribution in [3.63, 3.8) is 0 Å². The smallest absolute Gasteiger partial charge is 0.306 e. The minimum absolute atomic E-state index is 0.0934. The van der Waals surface area contributed by atoms with Crippen LogP contribution in [0.1, 0.15) is 10.5 Å². The number of halogens is 1. The fourth-order valence-corrected chi connectivity index (χ4v) is 1.82. The quantitative estimate of drug-likeness (QED) is 0.642. The Morgan fingerprint density at radius 1 is 1.55 bits per heavy atom. The van der Waals surface area contributed by atoms with Crippen LogP contribution in [-0.2, 0) is 13.6 Å². The van der Waals surface area contributed by atoms with Crippen LogP contribution in [-0.4, -0.2) is 36.9 Å². The van der Waals surface area contributed by atoms with Crippen LogP contribution >= 0.6 is 11.6 Å². The van der Waals surface area contributed by atoms with Gasteiger partial charge in [-0.05, 0) is 0 Å². The average Bonchev–Trinajstić information content (AvgIpc) is 2.96. The third-order valence-electron chi connectivity index (χ3n) is 2.46. The van der Waals surface area contributed by atoms with Crippen LogP contribution in [0.25, 0.3) is 0 Å². The summed E-state index contributed by atoms with van der Waals surface area (Å²) < 4.78 is 2.81. The number of aromatic nitrogens is 4. The van der Waals surface area contributed by atoms with Gasteiger partial charge in [-0.2, -0.15) is 10.2 Å². The van der Waals surface area contributed by atoms with Crippen molar-refractivity contribution in [3.8, 4) is 0 Å². The molecule has 0 aromatic carbocycles. The van der Waals surface area contributed by atoms with E-state index in [1.807, 2.05) is 0 Å². The Morgan fingerprint density at radius 2 is 2.30 bits per heavy atom. The van der Waals surface area contributed by atoms with Crippen LogP contribution in [0.5, 0.6) is 0 Å². The molecule has 9 nitrogen and oxygen atoms in total. The molecule has 0 fully saturated rings. The van der Waals surface area contributed by atoms with E-state index in [-0.39, 0.29) is 22.9 Å². The number of aryl methyl sites for hydroxylation is 1. The fourth-order valence-electron chi connectivity index (χ4n) is 1.55. The van der Waals surface area contributed by atoms with Gasteiger partial charge in [0.1, 0.15) is 12.4 Å². The van der Waals surface area contributed by atoms with Gasteiger partial charge < -0.3 is 5.32 Å². The predicted octanol–water partition coefficient (Wildman–Crippen LogP) is 0.608. The molecule has 0 aliphatic carbocycles. The standard InChI is InChI=1S/C10H11ClN6O3/c1-15-6-8(11)9(14-15)10(18)12-2-3-16-5-7(4-13-16)17(19)20/h4-6H,2-3H2,1H3,(H,12,18). The molecule has 2 aromatic rings. The first-order valence-corrected chi connectivity index (χ1v) is 5.99. The highest BCUT2D eigenvalue weighted by Crippen LogP contribution is 2.12. The van der Waals surface area contributed by atoms with E-state index in [1.165, 1.54) is 21.8 Å². The van der Waals surface area contributed by atoms with Gasteiger partial charge in [0.05, 0.1) is 16.5 Å². The molecule has 0 atom stereocenters. The monoisotopic (exact) mass is 298 g/mol. The van der Waals surface area contributed by atoms with Crippen molar-refractivity contribution in [2.45, 2.75) is 6.54 Å². The van der Waals surface area contributed by atoms with Crippen molar-refractivity contribution >= 4 is 23.2 Å². The number of hydrogen-bond acceptors (Lipinski definition) is 5. The third kappa shape index (κ3) is 3.12. The lowest BCUT2D eigenvalue weighted by molar-refractivity contribution is -0.385. The molecule has 2 aromatic heterocycles. The Hall–Kier alpha value is -2.42. The van der Waals surface area contributed by atoms with Gasteiger partial charge in [-0.3, -0.25) is 24.3 Å². The lowest BCUT2D eigenvalue weighted by Crippen LogP contribution is -2.28. The number of hydrogen-bond donors (Lipinski definition) is 1. The van der Waals surface area contributed by atoms with Crippen LogP contribution in [0.2, 0.25) is 5.02 Å². The van der Waals surface area contributed by atoms with E-state index in [2.05, 4.69) is 15.5 Å². The zero-order valence-electron chi connectivity index (χ0n) is 10.5. The first-order valence-electron chi connectivity index (χ1n) is 5.61. The van der Waals surface area contributed by atoms with E-state index in [9.17, 15) is 14.9 Å². The Bertz CT molecular complexity index is 649. The molecular weight excluding hydrogens is 288 g/mol. The maximum atomic E-state index is 11.8. The van der Waals surface area contributed by atoms with E-state index in [4.69, 9.17) is 11.6 Å². The SMILES string of the molecule is Cn1cc(Cl)c(C(=O)NCCn2cc([N+](=O)[O-])cn2)n1. The molecule has 0 aliphatic heterocycles. The summed E-state index contributed by atoms with van der Waals surface area (Å²) in [6.07, 6.45) is 3.96. The van der Waals surface area contributed by atoms with E-state index in [1.54, 1.807) is 7.05 Å². The van der Waals surface area contributed by atoms with Crippen molar-refractivity contribution in [2.24, 2.45) is 7.05 Å². The van der Waals surface area contributed by atoms with Crippen LogP contribution in [0.15, 0.2) is 18.6 Å². The fraction of sp³-hybridized carbons (Fsp3) is 0.300. The van der Waals surface area contributed by atoms with Gasteiger partial charge in [0.15, 0.2) is 5.69 Å². The Labute approximate surface area is 118 Å². The summed E-state index contributed by atoms with van der Waals surface area (Å²) in [4.78, 5) is 21.7. The summed E-state index contributed by atoms with van der Waals surface area (Å²) in [7, 11) is 1.66. The second-order valence-electron chi connectivity index (χ2n) is 3.97. The number of carbonyl (C=O) groups excluding carboxylic acids is 1. The summed E-state index contributed by atoms with van der Waals surface area (Å²) in [5.41, 5.74) is 0.0460. The maximum absolute atomic E-state index is 11.8. The number of carbonyl (C=O) groups is 1. The maximum Gasteiger partial charge on any atom is 0.306 e. The molecular formula is C10H11ClN6O3. The molecule has 0 radical (unpaired) electrons. The molecule has 0 aliphatic rings. The third-order valence-corrected chi connectivity index (χ3v) is 2.73. The van der Waals surface area contributed by atoms with Gasteiger partial charge in [0, 0.05) is 19.8 Å². The molecule has 0 unspecified atom stereocenters. The Balaban J connectivity index is 1.87. The minimum atomic E-state index is -0.532. The molecule has 1 amide bonds. The molecule has 0 spiro atoms. The van der Waals surface area contributed by atoms with E-state index < -0.39 is 10.8 Å². The summed E-state index contributed by atoms with van der Waals surface area (Å²) in [6, 6.07) is 0. The van der Waals surface area contributed by atoms with E-state index in [0.29, 0.717) is 6.54 Å². The highest BCUT2D eigenvalue weighted by Gasteiger charge is 2.14. The summed E-state index contributed by atoms with van der Waals surface area (Å²) in [5, 5.41) is 21.1. The van der Waals surface area contributed by atoms with Crippen LogP contribution in [0.4, 0.5) is 5.69 Å². The van der Waals surface area contributed by atoms with Gasteiger partial charge in [-0.1, -0.05) is 11.6 Å². The van der Waals surface area contributed by atoms with E-state index >= 15 is 0 Å². The van der Waals surface area contributed by atoms with Crippen molar-refractivity contribution < 1.29 is 9.72 Å². The van der Waals surface area contributed by atoms with Crippen LogP contribution in [0, 0.1) is 10.1 Å². The highest BCUT2D eigenvalue weighted by atomic mass is 35.5. The number of rotatable bonds is 5. The van der Waals surface area contributed by atoms with Crippen molar-refractivity contribution in [2.75, 3.05) is 6.54 Å². The summed E-state index contributed by atoms with van der Waals surface area (Å²) >= 11 is 5.84.